The number of rotatable bonds is 2. The van der Waals surface area contributed by atoms with Crippen LogP contribution in [0.2, 0.25) is 0 Å². The van der Waals surface area contributed by atoms with Gasteiger partial charge in [0.1, 0.15) is 0 Å². The van der Waals surface area contributed by atoms with Gasteiger partial charge in [-0.15, -0.1) is 13.2 Å². The van der Waals surface area contributed by atoms with Crippen LogP contribution in [0.15, 0.2) is 11.0 Å². The van der Waals surface area contributed by atoms with Crippen molar-refractivity contribution in [3.63, 3.8) is 0 Å². The number of alkyl halides is 3. The van der Waals surface area contributed by atoms with E-state index < -0.39 is 28.5 Å². The fourth-order valence-corrected chi connectivity index (χ4v) is 1.30. The largest absolute Gasteiger partial charge is 0.573 e. The van der Waals surface area contributed by atoms with E-state index in [-0.39, 0.29) is 5.56 Å². The average Bonchev–Trinajstić information content (AvgIpc) is 2.08. The molecule has 0 unspecified atom stereocenters. The molecule has 0 bridgehead atoms. The minimum atomic E-state index is -5.07. The van der Waals surface area contributed by atoms with E-state index in [9.17, 15) is 22.8 Å². The van der Waals surface area contributed by atoms with Crippen LogP contribution in [0.25, 0.3) is 0 Å². The molecule has 0 spiro atoms. The highest BCUT2D eigenvalue weighted by Gasteiger charge is 2.34. The molecule has 1 rings (SSSR count). The molecule has 0 radical (unpaired) electrons. The molecular formula is C8H5ClF3NO3. The van der Waals surface area contributed by atoms with Crippen LogP contribution in [0, 0.1) is 6.92 Å². The number of nitrogens with one attached hydrogen (secondary N) is 1. The highest BCUT2D eigenvalue weighted by atomic mass is 35.5. The van der Waals surface area contributed by atoms with Gasteiger partial charge in [0, 0.05) is 6.20 Å². The predicted molar refractivity (Wildman–Crippen MR) is 48.7 cm³/mol. The Morgan fingerprint density at radius 2 is 2.06 bits per heavy atom. The summed E-state index contributed by atoms with van der Waals surface area (Å²) in [6.07, 6.45) is -4.00. The summed E-state index contributed by atoms with van der Waals surface area (Å²) in [7, 11) is 0. The Hall–Kier alpha value is -1.50. The molecule has 1 aromatic heterocycles. The number of aromatic nitrogens is 1. The quantitative estimate of drug-likeness (QED) is 0.822. The number of hydrogen-bond acceptors (Lipinski definition) is 3. The van der Waals surface area contributed by atoms with Gasteiger partial charge in [0.05, 0.1) is 5.56 Å². The van der Waals surface area contributed by atoms with Crippen molar-refractivity contribution in [1.29, 1.82) is 0 Å². The van der Waals surface area contributed by atoms with Crippen LogP contribution in [0.5, 0.6) is 5.75 Å². The second-order valence-corrected chi connectivity index (χ2v) is 3.17. The Labute approximate surface area is 92.0 Å². The minimum Gasteiger partial charge on any atom is -0.399 e. The van der Waals surface area contributed by atoms with Crippen molar-refractivity contribution in [1.82, 2.24) is 4.98 Å². The second kappa shape index (κ2) is 4.17. The first-order valence-corrected chi connectivity index (χ1v) is 4.28. The number of aromatic amines is 1. The Bertz CT molecular complexity index is 480. The predicted octanol–water partition coefficient (Wildman–Crippen LogP) is 1.96. The molecule has 0 aromatic carbocycles. The zero-order valence-electron chi connectivity index (χ0n) is 7.81. The molecule has 1 heterocycles. The van der Waals surface area contributed by atoms with Crippen molar-refractivity contribution >= 4 is 16.8 Å². The maximum Gasteiger partial charge on any atom is 0.573 e. The van der Waals surface area contributed by atoms with Gasteiger partial charge < -0.3 is 9.72 Å². The molecule has 0 fully saturated rings. The van der Waals surface area contributed by atoms with Gasteiger partial charge >= 0.3 is 6.36 Å². The van der Waals surface area contributed by atoms with Crippen molar-refractivity contribution < 1.29 is 22.7 Å². The third-order valence-electron chi connectivity index (χ3n) is 1.66. The molecule has 88 valence electrons. The number of hydrogen-bond donors (Lipinski definition) is 1. The molecule has 0 amide bonds. The van der Waals surface area contributed by atoms with Crippen LogP contribution >= 0.6 is 11.6 Å². The van der Waals surface area contributed by atoms with Crippen LogP contribution in [-0.4, -0.2) is 16.6 Å². The molecule has 1 aromatic rings. The number of ether oxygens (including phenoxy) is 1. The molecule has 16 heavy (non-hydrogen) atoms. The van der Waals surface area contributed by atoms with E-state index in [0.29, 0.717) is 0 Å². The monoisotopic (exact) mass is 255 g/mol. The lowest BCUT2D eigenvalue weighted by molar-refractivity contribution is -0.275. The molecule has 0 saturated carbocycles. The highest BCUT2D eigenvalue weighted by Crippen LogP contribution is 2.25. The van der Waals surface area contributed by atoms with E-state index in [2.05, 4.69) is 4.74 Å². The molecule has 0 aliphatic carbocycles. The Kier molecular flexibility index (Phi) is 3.27. The lowest BCUT2D eigenvalue weighted by Gasteiger charge is -2.11. The lowest BCUT2D eigenvalue weighted by atomic mass is 10.1. The summed E-state index contributed by atoms with van der Waals surface area (Å²) < 4.78 is 39.4. The maximum absolute atomic E-state index is 12.0. The van der Waals surface area contributed by atoms with Crippen molar-refractivity contribution in [2.45, 2.75) is 13.3 Å². The van der Waals surface area contributed by atoms with E-state index in [1.54, 1.807) is 0 Å². The fraction of sp³-hybridized carbons (Fsp3) is 0.250. The Morgan fingerprint density at radius 3 is 2.50 bits per heavy atom. The van der Waals surface area contributed by atoms with Gasteiger partial charge in [0.2, 0.25) is 5.75 Å². The second-order valence-electron chi connectivity index (χ2n) is 2.83. The topological polar surface area (TPSA) is 59.2 Å². The van der Waals surface area contributed by atoms with Crippen molar-refractivity contribution in [3.05, 3.63) is 27.7 Å². The zero-order chi connectivity index (χ0) is 12.5. The number of pyridine rings is 1. The third kappa shape index (κ3) is 2.75. The van der Waals surface area contributed by atoms with Crippen molar-refractivity contribution in [2.75, 3.05) is 0 Å². The molecule has 0 aliphatic rings. The smallest absolute Gasteiger partial charge is 0.399 e. The number of H-pyrrole nitrogens is 1. The Morgan fingerprint density at radius 1 is 1.50 bits per heavy atom. The summed E-state index contributed by atoms with van der Waals surface area (Å²) in [4.78, 5) is 24.0. The number of carbonyl (C=O) groups excluding carboxylic acids is 1. The summed E-state index contributed by atoms with van der Waals surface area (Å²) in [6, 6.07) is 0. The van der Waals surface area contributed by atoms with Gasteiger partial charge in [0.15, 0.2) is 0 Å². The first-order valence-electron chi connectivity index (χ1n) is 3.90. The van der Waals surface area contributed by atoms with Crippen molar-refractivity contribution in [3.8, 4) is 5.75 Å². The SMILES string of the molecule is Cc1c[nH]c(=O)c(OC(F)(F)F)c1C(=O)Cl. The van der Waals surface area contributed by atoms with Gasteiger partial charge in [-0.3, -0.25) is 9.59 Å². The number of carbonyl (C=O) groups is 1. The summed E-state index contributed by atoms with van der Waals surface area (Å²) in [6.45, 7) is 1.31. The van der Waals surface area contributed by atoms with Crippen LogP contribution in [0.1, 0.15) is 15.9 Å². The van der Waals surface area contributed by atoms with Crippen LogP contribution in [-0.2, 0) is 0 Å². The molecule has 1 N–H and O–H groups in total. The van der Waals surface area contributed by atoms with E-state index in [1.807, 2.05) is 4.98 Å². The van der Waals surface area contributed by atoms with Gasteiger partial charge in [-0.2, -0.15) is 0 Å². The van der Waals surface area contributed by atoms with Gasteiger partial charge in [-0.05, 0) is 24.1 Å². The maximum atomic E-state index is 12.0. The number of halogens is 4. The van der Waals surface area contributed by atoms with Crippen LogP contribution < -0.4 is 10.3 Å². The van der Waals surface area contributed by atoms with Crippen molar-refractivity contribution in [2.24, 2.45) is 0 Å². The fourth-order valence-electron chi connectivity index (χ4n) is 1.06. The normalized spacial score (nSPS) is 11.3. The Balaban J connectivity index is 3.41. The van der Waals surface area contributed by atoms with Crippen LogP contribution in [0.4, 0.5) is 13.2 Å². The highest BCUT2D eigenvalue weighted by molar-refractivity contribution is 6.68. The standard InChI is InChI=1S/C8H5ClF3NO3/c1-3-2-13-7(15)5(4(3)6(9)14)16-8(10,11)12/h2H,1H3,(H,13,15). The van der Waals surface area contributed by atoms with Gasteiger partial charge in [-0.1, -0.05) is 0 Å². The summed E-state index contributed by atoms with van der Waals surface area (Å²) in [5, 5.41) is -1.19. The zero-order valence-corrected chi connectivity index (χ0v) is 8.57. The molecule has 0 atom stereocenters. The first kappa shape index (κ1) is 12.6. The molecular weight excluding hydrogens is 251 g/mol. The number of aryl methyl sites for hydroxylation is 1. The third-order valence-corrected chi connectivity index (χ3v) is 1.85. The summed E-state index contributed by atoms with van der Waals surface area (Å²) in [5.74, 6) is -1.15. The van der Waals surface area contributed by atoms with E-state index >= 15 is 0 Å². The van der Waals surface area contributed by atoms with E-state index in [1.165, 1.54) is 6.92 Å². The van der Waals surface area contributed by atoms with E-state index in [4.69, 9.17) is 11.6 Å². The minimum absolute atomic E-state index is 0.0823. The van der Waals surface area contributed by atoms with Crippen LogP contribution in [0.3, 0.4) is 0 Å². The average molecular weight is 256 g/mol. The lowest BCUT2D eigenvalue weighted by Crippen LogP contribution is -2.25. The summed E-state index contributed by atoms with van der Waals surface area (Å²) >= 11 is 5.08. The van der Waals surface area contributed by atoms with E-state index in [0.717, 1.165) is 6.20 Å². The molecule has 8 heteroatoms. The first-order chi connectivity index (χ1) is 7.22. The molecule has 0 aliphatic heterocycles. The van der Waals surface area contributed by atoms with Gasteiger partial charge in [-0.25, -0.2) is 0 Å². The summed E-state index contributed by atoms with van der Waals surface area (Å²) in [5.41, 5.74) is -1.69. The molecule has 4 nitrogen and oxygen atoms in total. The molecule has 0 saturated heterocycles. The van der Waals surface area contributed by atoms with Gasteiger partial charge in [0.25, 0.3) is 10.8 Å².